The molecule has 0 aliphatic heterocycles. The van der Waals surface area contributed by atoms with Crippen LogP contribution in [0.1, 0.15) is 61.0 Å². The highest BCUT2D eigenvalue weighted by molar-refractivity contribution is 5.98. The van der Waals surface area contributed by atoms with E-state index in [0.29, 0.717) is 0 Å². The highest BCUT2D eigenvalue weighted by Crippen LogP contribution is 2.11. The zero-order valence-corrected chi connectivity index (χ0v) is 24.5. The summed E-state index contributed by atoms with van der Waals surface area (Å²) >= 11 is 0. The molecular weight excluding hydrogens is 522 g/mol. The van der Waals surface area contributed by atoms with Crippen molar-refractivity contribution >= 4 is 35.7 Å². The van der Waals surface area contributed by atoms with Gasteiger partial charge in [0.15, 0.2) is 0 Å². The maximum Gasteiger partial charge on any atom is 0.408 e. The lowest BCUT2D eigenvalue weighted by molar-refractivity contribution is -0.150. The molecular formula is C27H41N5O8. The number of nitrogens with one attached hydrogen (secondary N) is 5. The standard InChI is InChI=1S/C27H41N5O8/c1-16(19(33)31-26(5,6)22(36)32-27(7,8)23(37)39-9)28-21(35)25(3,4)30-20(34)17(2)29-24(38)40-15-18-13-11-10-12-14-18/h10-14,16-17H,15H2,1-9H3,(H,28,35)(H,29,38)(H,30,34)(H,31,33)(H,32,36)/t16-,17-/m0/s1. The maximum absolute atomic E-state index is 12.9. The van der Waals surface area contributed by atoms with E-state index in [-0.39, 0.29) is 6.61 Å². The van der Waals surface area contributed by atoms with E-state index >= 15 is 0 Å². The van der Waals surface area contributed by atoms with E-state index in [1.807, 2.05) is 6.07 Å². The molecule has 13 nitrogen and oxygen atoms in total. The quantitative estimate of drug-likeness (QED) is 0.230. The summed E-state index contributed by atoms with van der Waals surface area (Å²) in [5.41, 5.74) is -3.46. The van der Waals surface area contributed by atoms with Crippen LogP contribution in [0.3, 0.4) is 0 Å². The molecule has 5 amide bonds. The van der Waals surface area contributed by atoms with Crippen LogP contribution in [0.5, 0.6) is 0 Å². The predicted octanol–water partition coefficient (Wildman–Crippen LogP) is 0.663. The van der Waals surface area contributed by atoms with Crippen LogP contribution in [0, 0.1) is 0 Å². The topological polar surface area (TPSA) is 181 Å². The zero-order valence-electron chi connectivity index (χ0n) is 24.5. The Balaban J connectivity index is 2.65. The lowest BCUT2D eigenvalue weighted by atomic mass is 9.99. The largest absolute Gasteiger partial charge is 0.467 e. The molecule has 40 heavy (non-hydrogen) atoms. The predicted molar refractivity (Wildman–Crippen MR) is 146 cm³/mol. The van der Waals surface area contributed by atoms with Gasteiger partial charge in [0, 0.05) is 0 Å². The third-order valence-corrected chi connectivity index (χ3v) is 5.81. The monoisotopic (exact) mass is 563 g/mol. The lowest BCUT2D eigenvalue weighted by Crippen LogP contribution is -2.64. The molecule has 222 valence electrons. The average molecular weight is 564 g/mol. The van der Waals surface area contributed by atoms with Crippen molar-refractivity contribution in [1.29, 1.82) is 0 Å². The van der Waals surface area contributed by atoms with Crippen LogP contribution in [-0.2, 0) is 40.1 Å². The number of carbonyl (C=O) groups excluding carboxylic acids is 6. The molecule has 1 rings (SSSR count). The van der Waals surface area contributed by atoms with Crippen LogP contribution in [0.4, 0.5) is 4.79 Å². The number of alkyl carbamates (subject to hydrolysis) is 1. The van der Waals surface area contributed by atoms with Crippen LogP contribution in [0.25, 0.3) is 0 Å². The number of hydrogen-bond donors (Lipinski definition) is 5. The van der Waals surface area contributed by atoms with E-state index < -0.39 is 64.4 Å². The van der Waals surface area contributed by atoms with Gasteiger partial charge in [-0.15, -0.1) is 0 Å². The molecule has 0 aliphatic rings. The van der Waals surface area contributed by atoms with Crippen molar-refractivity contribution in [1.82, 2.24) is 26.6 Å². The van der Waals surface area contributed by atoms with Gasteiger partial charge in [0.05, 0.1) is 7.11 Å². The molecule has 0 aliphatic carbocycles. The van der Waals surface area contributed by atoms with E-state index in [1.165, 1.54) is 62.5 Å². The van der Waals surface area contributed by atoms with Crippen LogP contribution in [0.2, 0.25) is 0 Å². The molecule has 0 bridgehead atoms. The summed E-state index contributed by atoms with van der Waals surface area (Å²) in [7, 11) is 1.19. The minimum Gasteiger partial charge on any atom is -0.467 e. The van der Waals surface area contributed by atoms with Crippen LogP contribution in [0.15, 0.2) is 30.3 Å². The fourth-order valence-electron chi connectivity index (χ4n) is 3.14. The van der Waals surface area contributed by atoms with E-state index in [1.54, 1.807) is 24.3 Å². The fraction of sp³-hybridized carbons (Fsp3) is 0.556. The Hall–Kier alpha value is -4.16. The van der Waals surface area contributed by atoms with Crippen molar-refractivity contribution in [2.24, 2.45) is 0 Å². The Morgan fingerprint density at radius 2 is 1.18 bits per heavy atom. The molecule has 0 aromatic heterocycles. The number of carbonyl (C=O) groups is 6. The second-order valence-electron chi connectivity index (χ2n) is 10.9. The molecule has 0 radical (unpaired) electrons. The molecule has 0 heterocycles. The molecule has 0 unspecified atom stereocenters. The fourth-order valence-corrected chi connectivity index (χ4v) is 3.14. The maximum atomic E-state index is 12.9. The molecule has 1 aromatic carbocycles. The van der Waals surface area contributed by atoms with Gasteiger partial charge in [-0.3, -0.25) is 19.2 Å². The number of rotatable bonds is 12. The number of benzene rings is 1. The van der Waals surface area contributed by atoms with Crippen molar-refractivity contribution < 1.29 is 38.2 Å². The molecule has 2 atom stereocenters. The second kappa shape index (κ2) is 13.8. The molecule has 0 spiro atoms. The minimum absolute atomic E-state index is 0.0242. The Morgan fingerprint density at radius 1 is 0.700 bits per heavy atom. The third-order valence-electron chi connectivity index (χ3n) is 5.81. The third kappa shape index (κ3) is 10.2. The van der Waals surface area contributed by atoms with Gasteiger partial charge >= 0.3 is 12.1 Å². The van der Waals surface area contributed by atoms with Crippen molar-refractivity contribution in [2.45, 2.75) is 90.7 Å². The first-order valence-corrected chi connectivity index (χ1v) is 12.7. The minimum atomic E-state index is -1.47. The van der Waals surface area contributed by atoms with Crippen molar-refractivity contribution in [3.63, 3.8) is 0 Å². The van der Waals surface area contributed by atoms with E-state index in [4.69, 9.17) is 4.74 Å². The number of methoxy groups -OCH3 is 1. The number of ether oxygens (including phenoxy) is 2. The summed E-state index contributed by atoms with van der Waals surface area (Å²) in [4.78, 5) is 74.9. The number of esters is 1. The second-order valence-corrected chi connectivity index (χ2v) is 10.9. The Bertz CT molecular complexity index is 1100. The smallest absolute Gasteiger partial charge is 0.408 e. The first-order valence-electron chi connectivity index (χ1n) is 12.7. The summed E-state index contributed by atoms with van der Waals surface area (Å²) in [6.07, 6.45) is -0.805. The summed E-state index contributed by atoms with van der Waals surface area (Å²) < 4.78 is 9.77. The van der Waals surface area contributed by atoms with Gasteiger partial charge in [0.1, 0.15) is 35.3 Å². The van der Waals surface area contributed by atoms with Crippen LogP contribution < -0.4 is 26.6 Å². The molecule has 0 saturated carbocycles. The summed E-state index contributed by atoms with van der Waals surface area (Å²) in [6.45, 7) is 11.5. The Morgan fingerprint density at radius 3 is 1.68 bits per heavy atom. The highest BCUT2D eigenvalue weighted by atomic mass is 16.5. The highest BCUT2D eigenvalue weighted by Gasteiger charge is 2.39. The summed E-state index contributed by atoms with van der Waals surface area (Å²) in [5, 5.41) is 12.5. The molecule has 0 saturated heterocycles. The summed E-state index contributed by atoms with van der Waals surface area (Å²) in [6, 6.07) is 6.89. The molecule has 1 aromatic rings. The van der Waals surface area contributed by atoms with Crippen molar-refractivity contribution in [3.8, 4) is 0 Å². The average Bonchev–Trinajstić information content (AvgIpc) is 2.86. The van der Waals surface area contributed by atoms with E-state index in [0.717, 1.165) is 5.56 Å². The molecule has 5 N–H and O–H groups in total. The van der Waals surface area contributed by atoms with Crippen LogP contribution >= 0.6 is 0 Å². The van der Waals surface area contributed by atoms with Gasteiger partial charge in [0.2, 0.25) is 23.6 Å². The first-order chi connectivity index (χ1) is 18.3. The van der Waals surface area contributed by atoms with Gasteiger partial charge in [-0.2, -0.15) is 0 Å². The normalized spacial score (nSPS) is 13.1. The van der Waals surface area contributed by atoms with Crippen molar-refractivity contribution in [2.75, 3.05) is 7.11 Å². The molecule has 0 fully saturated rings. The van der Waals surface area contributed by atoms with Gasteiger partial charge < -0.3 is 36.1 Å². The Labute approximate surface area is 234 Å². The van der Waals surface area contributed by atoms with Gasteiger partial charge in [0.25, 0.3) is 0 Å². The summed E-state index contributed by atoms with van der Waals surface area (Å²) in [5.74, 6) is -3.33. The number of hydrogen-bond acceptors (Lipinski definition) is 8. The Kier molecular flexibility index (Phi) is 11.7. The van der Waals surface area contributed by atoms with Gasteiger partial charge in [-0.1, -0.05) is 30.3 Å². The van der Waals surface area contributed by atoms with Crippen molar-refractivity contribution in [3.05, 3.63) is 35.9 Å². The SMILES string of the molecule is COC(=O)C(C)(C)NC(=O)C(C)(C)NC(=O)[C@H](C)NC(=O)C(C)(C)NC(=O)[C@H](C)NC(=O)OCc1ccccc1. The lowest BCUT2D eigenvalue weighted by Gasteiger charge is -2.32. The van der Waals surface area contributed by atoms with Crippen LogP contribution in [-0.4, -0.2) is 71.5 Å². The van der Waals surface area contributed by atoms with Gasteiger partial charge in [-0.05, 0) is 61.0 Å². The number of amides is 5. The molecule has 13 heteroatoms. The first kappa shape index (κ1) is 33.9. The van der Waals surface area contributed by atoms with Gasteiger partial charge in [-0.25, -0.2) is 9.59 Å². The zero-order chi connectivity index (χ0) is 30.9. The van der Waals surface area contributed by atoms with E-state index in [2.05, 4.69) is 31.3 Å². The van der Waals surface area contributed by atoms with E-state index in [9.17, 15) is 28.8 Å².